The summed E-state index contributed by atoms with van der Waals surface area (Å²) >= 11 is 0. The van der Waals surface area contributed by atoms with Crippen LogP contribution < -0.4 is 0 Å². The van der Waals surface area contributed by atoms with Gasteiger partial charge in [0.2, 0.25) is 0 Å². The molecule has 0 saturated carbocycles. The minimum absolute atomic E-state index is 0.500. The van der Waals surface area contributed by atoms with Gasteiger partial charge in [-0.05, 0) is 64.6 Å². The SMILES string of the molecule is CC(C)C(C)(C)C.CCC(C)(C)CC.CCC(C)(C)CC.CCC(C)C(C)C.CCC(C)C(C)C.CCC(CC)CC.CCCC(C)CC.Cc1ccccc1. The van der Waals surface area contributed by atoms with Gasteiger partial charge in [-0.2, -0.15) is 0 Å². The molecule has 1 rings (SSSR count). The van der Waals surface area contributed by atoms with Gasteiger partial charge in [0.15, 0.2) is 0 Å². The quantitative estimate of drug-likeness (QED) is 0.176. The van der Waals surface area contributed by atoms with E-state index in [9.17, 15) is 0 Å². The highest BCUT2D eigenvalue weighted by atomic mass is 14.2. The Morgan fingerprint density at radius 1 is 0.429 bits per heavy atom. The third kappa shape index (κ3) is 62.4. The molecule has 0 amide bonds. The van der Waals surface area contributed by atoms with E-state index in [-0.39, 0.29) is 0 Å². The Balaban J connectivity index is -0.0000000980. The lowest BCUT2D eigenvalue weighted by molar-refractivity contribution is 0.283. The molecule has 0 radical (unpaired) electrons. The molecule has 3 atom stereocenters. The largest absolute Gasteiger partial charge is 0.0654 e. The lowest BCUT2D eigenvalue weighted by atomic mass is 9.84. The van der Waals surface area contributed by atoms with E-state index in [1.807, 2.05) is 18.2 Å². The fraction of sp³-hybridized carbons (Fsp3) is 0.893. The lowest BCUT2D eigenvalue weighted by Gasteiger charge is -2.22. The smallest absolute Gasteiger partial charge is 0.0359 e. The van der Waals surface area contributed by atoms with Crippen LogP contribution >= 0.6 is 0 Å². The van der Waals surface area contributed by atoms with Gasteiger partial charge in [0, 0.05) is 0 Å². The summed E-state index contributed by atoms with van der Waals surface area (Å²) in [4.78, 5) is 0. The maximum absolute atomic E-state index is 2.31. The number of benzene rings is 1. The van der Waals surface area contributed by atoms with Crippen LogP contribution in [0.15, 0.2) is 30.3 Å². The van der Waals surface area contributed by atoms with Gasteiger partial charge in [0.05, 0.1) is 0 Å². The van der Waals surface area contributed by atoms with Crippen molar-refractivity contribution in [3.05, 3.63) is 35.9 Å². The molecule has 0 aliphatic rings. The van der Waals surface area contributed by atoms with Gasteiger partial charge < -0.3 is 0 Å². The summed E-state index contributed by atoms with van der Waals surface area (Å²) in [6.07, 6.45) is 16.0. The maximum Gasteiger partial charge on any atom is -0.0359 e. The first kappa shape index (κ1) is 69.8. The molecule has 0 heterocycles. The minimum Gasteiger partial charge on any atom is -0.0654 e. The second kappa shape index (κ2) is 45.3. The van der Waals surface area contributed by atoms with Crippen molar-refractivity contribution >= 4 is 0 Å². The summed E-state index contributed by atoms with van der Waals surface area (Å²) < 4.78 is 0. The number of hydrogen-bond acceptors (Lipinski definition) is 0. The van der Waals surface area contributed by atoms with E-state index in [0.29, 0.717) is 16.2 Å². The lowest BCUT2D eigenvalue weighted by Crippen LogP contribution is -2.12. The standard InChI is InChI=1S/C7H8.7C7H16/c1-7-5-3-2-4-6-7;1-6(2)7(3,4)5;2*1-5-7(3,4)6-2;2*1-5-7(4)6(2)3;1-4-6-7(3)5-2;1-4-7(5-2)6-3/h2-6H,1H3;6H,1-5H3;2*5-6H2,1-4H3;2*6-7H,5H2,1-4H3;2*7H,4-6H2,1-3H3. The third-order valence-corrected chi connectivity index (χ3v) is 13.3. The molecule has 0 aliphatic carbocycles. The Bertz CT molecular complexity index is 741. The maximum atomic E-state index is 2.31. The Labute approximate surface area is 363 Å². The fourth-order valence-electron chi connectivity index (χ4n) is 3.54. The average molecular weight is 794 g/mol. The second-order valence-electron chi connectivity index (χ2n) is 20.6. The van der Waals surface area contributed by atoms with Crippen LogP contribution in [0.25, 0.3) is 0 Å². The van der Waals surface area contributed by atoms with Crippen LogP contribution in [0.5, 0.6) is 0 Å². The fourth-order valence-corrected chi connectivity index (χ4v) is 3.54. The van der Waals surface area contributed by atoms with Gasteiger partial charge in [-0.15, -0.1) is 0 Å². The third-order valence-electron chi connectivity index (χ3n) is 13.3. The van der Waals surface area contributed by atoms with Crippen molar-refractivity contribution in [3.63, 3.8) is 0 Å². The molecule has 56 heavy (non-hydrogen) atoms. The Morgan fingerprint density at radius 2 is 0.714 bits per heavy atom. The van der Waals surface area contributed by atoms with Crippen LogP contribution in [0.4, 0.5) is 0 Å². The minimum atomic E-state index is 0.500. The van der Waals surface area contributed by atoms with Crippen LogP contribution in [-0.2, 0) is 0 Å². The molecule has 344 valence electrons. The van der Waals surface area contributed by atoms with Crippen molar-refractivity contribution in [2.24, 2.45) is 57.7 Å². The van der Waals surface area contributed by atoms with E-state index in [4.69, 9.17) is 0 Å². The van der Waals surface area contributed by atoms with E-state index < -0.39 is 0 Å². The van der Waals surface area contributed by atoms with Crippen molar-refractivity contribution < 1.29 is 0 Å². The molecule has 0 heteroatoms. The predicted octanol–water partition coefficient (Wildman–Crippen LogP) is 21.4. The topological polar surface area (TPSA) is 0 Å². The first-order chi connectivity index (χ1) is 25.6. The van der Waals surface area contributed by atoms with Crippen LogP contribution in [0.3, 0.4) is 0 Å². The molecule has 1 aromatic carbocycles. The number of hydrogen-bond donors (Lipinski definition) is 0. The molecule has 0 aliphatic heterocycles. The van der Waals surface area contributed by atoms with Gasteiger partial charge in [0.25, 0.3) is 0 Å². The van der Waals surface area contributed by atoms with Crippen molar-refractivity contribution in [1.82, 2.24) is 0 Å². The summed E-state index contributed by atoms with van der Waals surface area (Å²) in [6, 6.07) is 10.3. The van der Waals surface area contributed by atoms with Crippen LogP contribution in [-0.4, -0.2) is 0 Å². The van der Waals surface area contributed by atoms with E-state index in [0.717, 1.165) is 41.4 Å². The predicted molar refractivity (Wildman–Crippen MR) is 272 cm³/mol. The van der Waals surface area contributed by atoms with Crippen LogP contribution in [0.2, 0.25) is 0 Å². The van der Waals surface area contributed by atoms with E-state index in [1.54, 1.807) is 0 Å². The number of rotatable bonds is 14. The van der Waals surface area contributed by atoms with Crippen molar-refractivity contribution in [2.45, 2.75) is 271 Å². The Morgan fingerprint density at radius 3 is 0.768 bits per heavy atom. The van der Waals surface area contributed by atoms with Crippen LogP contribution in [0.1, 0.15) is 270 Å². The zero-order valence-electron chi connectivity index (χ0n) is 45.4. The average Bonchev–Trinajstić information content (AvgIpc) is 3.16. The van der Waals surface area contributed by atoms with Gasteiger partial charge >= 0.3 is 0 Å². The molecule has 0 aromatic heterocycles. The van der Waals surface area contributed by atoms with E-state index >= 15 is 0 Å². The highest BCUT2D eigenvalue weighted by molar-refractivity contribution is 5.11. The summed E-state index contributed by atoms with van der Waals surface area (Å²) in [5.41, 5.74) is 2.99. The molecule has 0 fully saturated rings. The molecular formula is C56H120. The molecule has 0 saturated heterocycles. The van der Waals surface area contributed by atoms with Crippen molar-refractivity contribution in [1.29, 1.82) is 0 Å². The molecular weight excluding hydrogens is 673 g/mol. The Kier molecular flexibility index (Phi) is 56.5. The normalized spacial score (nSPS) is 12.5. The molecule has 0 N–H and O–H groups in total. The van der Waals surface area contributed by atoms with Crippen molar-refractivity contribution in [2.75, 3.05) is 0 Å². The first-order valence-electron chi connectivity index (χ1n) is 24.6. The summed E-state index contributed by atoms with van der Waals surface area (Å²) in [6.45, 7) is 63.3. The van der Waals surface area contributed by atoms with Crippen molar-refractivity contribution in [3.8, 4) is 0 Å². The van der Waals surface area contributed by atoms with Crippen LogP contribution in [0, 0.1) is 64.6 Å². The summed E-state index contributed by atoms with van der Waals surface area (Å²) in [7, 11) is 0. The monoisotopic (exact) mass is 793 g/mol. The number of aryl methyl sites for hydroxylation is 1. The Hall–Kier alpha value is -0.780. The van der Waals surface area contributed by atoms with Gasteiger partial charge in [-0.3, -0.25) is 0 Å². The second-order valence-corrected chi connectivity index (χ2v) is 20.6. The zero-order valence-corrected chi connectivity index (χ0v) is 45.4. The molecule has 1 aromatic rings. The van der Waals surface area contributed by atoms with Gasteiger partial charge in [-0.25, -0.2) is 0 Å². The highest BCUT2D eigenvalue weighted by Crippen LogP contribution is 2.24. The first-order valence-corrected chi connectivity index (χ1v) is 24.6. The van der Waals surface area contributed by atoms with Gasteiger partial charge in [-0.1, -0.05) is 300 Å². The summed E-state index contributed by atoms with van der Waals surface area (Å²) in [5.74, 6) is 6.27. The van der Waals surface area contributed by atoms with Gasteiger partial charge in [0.1, 0.15) is 0 Å². The molecule has 0 spiro atoms. The van der Waals surface area contributed by atoms with E-state index in [2.05, 4.69) is 206 Å². The zero-order chi connectivity index (χ0) is 46.1. The molecule has 3 unspecified atom stereocenters. The highest BCUT2D eigenvalue weighted by Gasteiger charge is 2.14. The summed E-state index contributed by atoms with van der Waals surface area (Å²) in [5, 5.41) is 0. The molecule has 0 bridgehead atoms. The molecule has 0 nitrogen and oxygen atoms in total. The van der Waals surface area contributed by atoms with E-state index in [1.165, 1.54) is 82.6 Å².